The molecule has 10 aromatic rings. The van der Waals surface area contributed by atoms with Crippen molar-refractivity contribution in [1.82, 2.24) is 0 Å². The van der Waals surface area contributed by atoms with Gasteiger partial charge in [-0.2, -0.15) is 0 Å². The first-order valence-corrected chi connectivity index (χ1v) is 27.1. The maximum atomic E-state index is 6.98. The van der Waals surface area contributed by atoms with Gasteiger partial charge in [0.15, 0.2) is 0 Å². The lowest BCUT2D eigenvalue weighted by Crippen LogP contribution is -2.42. The number of hydrogen-bond donors (Lipinski definition) is 0. The van der Waals surface area contributed by atoms with E-state index < -0.39 is 8.07 Å². The zero-order valence-electron chi connectivity index (χ0n) is 39.8. The summed E-state index contributed by atoms with van der Waals surface area (Å²) in [6, 6.07) is 63.4. The van der Waals surface area contributed by atoms with Crippen molar-refractivity contribution < 1.29 is 8.83 Å². The molecule has 328 valence electrons. The second-order valence-corrected chi connectivity index (χ2v) is 26.6. The Morgan fingerprint density at radius 2 is 0.791 bits per heavy atom. The van der Waals surface area contributed by atoms with Crippen molar-refractivity contribution in [3.8, 4) is 22.3 Å². The summed E-state index contributed by atoms with van der Waals surface area (Å²) in [7, 11) is -2.56. The minimum atomic E-state index is -2.56. The quantitative estimate of drug-likeness (QED) is 0.123. The molecule has 2 heterocycles. The van der Waals surface area contributed by atoms with E-state index in [2.05, 4.69) is 237 Å². The summed E-state index contributed by atoms with van der Waals surface area (Å²) in [4.78, 5) is 0. The van der Waals surface area contributed by atoms with Crippen LogP contribution in [-0.4, -0.2) is 8.07 Å². The van der Waals surface area contributed by atoms with E-state index >= 15 is 0 Å². The van der Waals surface area contributed by atoms with Gasteiger partial charge < -0.3 is 8.83 Å². The van der Waals surface area contributed by atoms with Crippen LogP contribution in [0.3, 0.4) is 0 Å². The van der Waals surface area contributed by atoms with Crippen molar-refractivity contribution in [3.05, 3.63) is 215 Å². The molecule has 2 aliphatic rings. The van der Waals surface area contributed by atoms with Gasteiger partial charge in [0, 0.05) is 33.1 Å². The topological polar surface area (TPSA) is 26.3 Å². The number of rotatable bonds is 6. The average molecular weight is 885 g/mol. The largest absolute Gasteiger partial charge is 0.461 e. The van der Waals surface area contributed by atoms with Crippen LogP contribution >= 0.6 is 0 Å². The third-order valence-corrected chi connectivity index (χ3v) is 19.2. The Morgan fingerprint density at radius 1 is 0.388 bits per heavy atom. The fourth-order valence-electron chi connectivity index (χ4n) is 11.7. The number of hydrogen-bond acceptors (Lipinski definition) is 2. The van der Waals surface area contributed by atoms with E-state index in [1.165, 1.54) is 98.7 Å². The summed E-state index contributed by atoms with van der Waals surface area (Å²) in [6.45, 7) is 18.7. The Balaban J connectivity index is 1.04. The highest BCUT2D eigenvalue weighted by atomic mass is 28.3. The molecule has 2 aromatic heterocycles. The predicted molar refractivity (Wildman–Crippen MR) is 287 cm³/mol. The number of benzene rings is 8. The lowest BCUT2D eigenvalue weighted by Gasteiger charge is -2.39. The van der Waals surface area contributed by atoms with Gasteiger partial charge in [-0.1, -0.05) is 188 Å². The molecule has 3 heteroatoms. The van der Waals surface area contributed by atoms with Crippen LogP contribution in [0.4, 0.5) is 0 Å². The molecule has 2 nitrogen and oxygen atoms in total. The van der Waals surface area contributed by atoms with E-state index in [4.69, 9.17) is 8.83 Å². The normalized spacial score (nSPS) is 16.2. The highest BCUT2D eigenvalue weighted by Gasteiger charge is 2.51. The molecule has 0 fully saturated rings. The maximum absolute atomic E-state index is 6.98. The van der Waals surface area contributed by atoms with Gasteiger partial charge in [0.05, 0.1) is 8.07 Å². The number of allylic oxidation sites excluding steroid dienone is 2. The minimum Gasteiger partial charge on any atom is -0.461 e. The molecule has 0 aliphatic heterocycles. The Labute approximate surface area is 395 Å². The van der Waals surface area contributed by atoms with E-state index in [0.717, 1.165) is 23.0 Å². The zero-order valence-corrected chi connectivity index (χ0v) is 40.8. The van der Waals surface area contributed by atoms with Crippen molar-refractivity contribution in [1.29, 1.82) is 0 Å². The van der Waals surface area contributed by atoms with E-state index in [0.29, 0.717) is 0 Å². The SMILES string of the molecule is CC(C)(C)c1ccc(C2=Cc3c(-c4ccc5c(ccc6ccccc65)c4)cccc3C2[Si](C)(C)C2C(c3ccc(C(C)(C)C)o3)=Cc3c(-c4ccc5c(ccc6ccccc65)c4)cccc32)o1. The molecule has 12 rings (SSSR count). The Kier molecular flexibility index (Phi) is 9.31. The first-order chi connectivity index (χ1) is 32.2. The highest BCUT2D eigenvalue weighted by Crippen LogP contribution is 2.59. The average Bonchev–Trinajstić information content (AvgIpc) is 4.15. The second-order valence-electron chi connectivity index (χ2n) is 21.8. The van der Waals surface area contributed by atoms with Crippen LogP contribution < -0.4 is 0 Å². The van der Waals surface area contributed by atoms with Crippen molar-refractivity contribution >= 4 is 74.5 Å². The van der Waals surface area contributed by atoms with Gasteiger partial charge in [-0.3, -0.25) is 0 Å². The first kappa shape index (κ1) is 41.5. The fourth-order valence-corrected chi connectivity index (χ4v) is 16.2. The smallest absolute Gasteiger partial charge is 0.130 e. The van der Waals surface area contributed by atoms with Gasteiger partial charge in [0.25, 0.3) is 0 Å². The van der Waals surface area contributed by atoms with Crippen molar-refractivity contribution in [3.63, 3.8) is 0 Å². The van der Waals surface area contributed by atoms with Gasteiger partial charge in [0.1, 0.15) is 23.0 Å². The lowest BCUT2D eigenvalue weighted by molar-refractivity contribution is 0.403. The van der Waals surface area contributed by atoms with Gasteiger partial charge in [-0.05, 0) is 136 Å². The van der Waals surface area contributed by atoms with Crippen LogP contribution in [0.15, 0.2) is 179 Å². The van der Waals surface area contributed by atoms with E-state index in [1.54, 1.807) is 0 Å². The molecule has 0 N–H and O–H groups in total. The van der Waals surface area contributed by atoms with Crippen molar-refractivity contribution in [2.45, 2.75) is 76.5 Å². The van der Waals surface area contributed by atoms with Crippen LogP contribution in [0.25, 0.3) is 88.6 Å². The summed E-state index contributed by atoms with van der Waals surface area (Å²) in [5.74, 6) is 3.95. The summed E-state index contributed by atoms with van der Waals surface area (Å²) in [5, 5.41) is 10.2. The fraction of sp³-hybridized carbons (Fsp3) is 0.188. The molecule has 0 radical (unpaired) electrons. The Morgan fingerprint density at radius 3 is 1.21 bits per heavy atom. The van der Waals surface area contributed by atoms with Crippen LogP contribution in [0.5, 0.6) is 0 Å². The van der Waals surface area contributed by atoms with Crippen LogP contribution in [0.2, 0.25) is 13.1 Å². The van der Waals surface area contributed by atoms with Crippen LogP contribution in [-0.2, 0) is 10.8 Å². The van der Waals surface area contributed by atoms with Gasteiger partial charge in [0.2, 0.25) is 0 Å². The number of fused-ring (bicyclic) bond motifs is 8. The van der Waals surface area contributed by atoms with Crippen molar-refractivity contribution in [2.24, 2.45) is 0 Å². The minimum absolute atomic E-state index is 0.121. The van der Waals surface area contributed by atoms with Crippen LogP contribution in [0.1, 0.15) is 97.9 Å². The van der Waals surface area contributed by atoms with E-state index in [-0.39, 0.29) is 21.9 Å². The third kappa shape index (κ3) is 6.73. The summed E-state index contributed by atoms with van der Waals surface area (Å²) in [5.41, 5.74) is 12.9. The standard InChI is InChI=1S/C64H56O2Si/c1-63(2,3)59-33-31-57(65-59)55-37-53-47(43-27-29-49-41(35-43)25-23-39-15-9-11-17-45(39)49)19-13-21-51(53)61(55)67(7,8)62-52-22-14-20-48(54(52)38-56(62)58-32-34-60(66-58)64(4,5)6)44-28-30-50-42(36-44)26-24-40-16-10-12-18-46(40)50/h9-38,61-62H,1-8H3. The molecule has 0 saturated carbocycles. The molecule has 0 bridgehead atoms. The van der Waals surface area contributed by atoms with Gasteiger partial charge in [-0.25, -0.2) is 0 Å². The molecular weight excluding hydrogens is 829 g/mol. The predicted octanol–water partition coefficient (Wildman–Crippen LogP) is 18.2. The molecule has 0 amide bonds. The first-order valence-electron chi connectivity index (χ1n) is 24.0. The molecule has 0 saturated heterocycles. The Hall–Kier alpha value is -6.94. The third-order valence-electron chi connectivity index (χ3n) is 15.0. The molecule has 2 aliphatic carbocycles. The van der Waals surface area contributed by atoms with Crippen molar-refractivity contribution in [2.75, 3.05) is 0 Å². The monoisotopic (exact) mass is 884 g/mol. The van der Waals surface area contributed by atoms with Crippen LogP contribution in [0, 0.1) is 0 Å². The molecule has 0 spiro atoms. The highest BCUT2D eigenvalue weighted by molar-refractivity contribution is 6.84. The molecular formula is C64H56O2Si. The zero-order chi connectivity index (χ0) is 46.0. The maximum Gasteiger partial charge on any atom is 0.130 e. The molecule has 2 atom stereocenters. The summed E-state index contributed by atoms with van der Waals surface area (Å²) in [6.07, 6.45) is 4.97. The Bertz CT molecular complexity index is 3460. The van der Waals surface area contributed by atoms with Gasteiger partial charge >= 0.3 is 0 Å². The summed E-state index contributed by atoms with van der Waals surface area (Å²) >= 11 is 0. The second kappa shape index (κ2) is 15.0. The van der Waals surface area contributed by atoms with E-state index in [9.17, 15) is 0 Å². The lowest BCUT2D eigenvalue weighted by atomic mass is 9.93. The molecule has 2 unspecified atom stereocenters. The molecule has 67 heavy (non-hydrogen) atoms. The number of furan rings is 2. The van der Waals surface area contributed by atoms with Gasteiger partial charge in [-0.15, -0.1) is 0 Å². The van der Waals surface area contributed by atoms with E-state index in [1.807, 2.05) is 0 Å². The molecule has 8 aromatic carbocycles. The summed E-state index contributed by atoms with van der Waals surface area (Å²) < 4.78 is 14.0.